The number of nitrogens with one attached hydrogen (secondary N) is 1. The number of anilines is 3. The topological polar surface area (TPSA) is 106 Å². The molecule has 0 saturated carbocycles. The van der Waals surface area contributed by atoms with Crippen LogP contribution >= 0.6 is 0 Å². The van der Waals surface area contributed by atoms with Crippen molar-refractivity contribution in [1.82, 2.24) is 19.5 Å². The first-order valence-corrected chi connectivity index (χ1v) is 13.5. The number of aliphatic hydroxyl groups excluding tert-OH is 1. The van der Waals surface area contributed by atoms with Crippen LogP contribution < -0.4 is 15.1 Å². The van der Waals surface area contributed by atoms with Gasteiger partial charge in [-0.3, -0.25) is 9.59 Å². The first kappa shape index (κ1) is 26.6. The minimum absolute atomic E-state index is 0.266. The van der Waals surface area contributed by atoms with E-state index in [0.29, 0.717) is 61.9 Å². The van der Waals surface area contributed by atoms with Gasteiger partial charge in [-0.1, -0.05) is 0 Å². The van der Waals surface area contributed by atoms with Crippen molar-refractivity contribution in [3.8, 4) is 0 Å². The van der Waals surface area contributed by atoms with Crippen LogP contribution in [0.25, 0.3) is 5.65 Å². The highest BCUT2D eigenvalue weighted by atomic mass is 19.1. The fourth-order valence-corrected chi connectivity index (χ4v) is 5.58. The minimum atomic E-state index is -0.489. The molecule has 6 rings (SSSR count). The molecule has 10 nitrogen and oxygen atoms in total. The maximum Gasteiger partial charge on any atom is 0.261 e. The molecule has 4 heterocycles. The molecule has 2 amide bonds. The zero-order valence-corrected chi connectivity index (χ0v) is 22.2. The summed E-state index contributed by atoms with van der Waals surface area (Å²) in [6.45, 7) is 2.52. The number of hydrogen-bond acceptors (Lipinski definition) is 7. The number of aromatic nitrogens is 3. The lowest BCUT2D eigenvalue weighted by Gasteiger charge is -2.35. The van der Waals surface area contributed by atoms with E-state index in [2.05, 4.69) is 15.3 Å². The summed E-state index contributed by atoms with van der Waals surface area (Å²) < 4.78 is 30.0. The van der Waals surface area contributed by atoms with Crippen molar-refractivity contribution in [2.45, 2.75) is 18.9 Å². The van der Waals surface area contributed by atoms with E-state index in [1.165, 1.54) is 16.8 Å². The summed E-state index contributed by atoms with van der Waals surface area (Å²) >= 11 is 0. The van der Waals surface area contributed by atoms with Crippen LogP contribution in [0.15, 0.2) is 60.9 Å². The number of rotatable bonds is 6. The summed E-state index contributed by atoms with van der Waals surface area (Å²) in [7, 11) is 0. The highest BCUT2D eigenvalue weighted by molar-refractivity contribution is 6.08. The third kappa shape index (κ3) is 5.30. The standard InChI is InChI=1S/C29H29F2N7O3/c30-19-3-8-24(31)22(16-19)25-2-1-10-37(25)26-9-11-38-28(34-26)23(17-32-38)29(41)33-20-4-6-21(7-5-20)35-12-14-36(15-13-35)27(40)18-39/h3-9,11,16-17,25,39H,1-2,10,12-15,18H2,(H,33,41)/t25-/m1/s1. The molecule has 212 valence electrons. The quantitative estimate of drug-likeness (QED) is 0.372. The zero-order chi connectivity index (χ0) is 28.5. The summed E-state index contributed by atoms with van der Waals surface area (Å²) in [5.74, 6) is -1.03. The summed E-state index contributed by atoms with van der Waals surface area (Å²) in [6, 6.07) is 12.3. The van der Waals surface area contributed by atoms with Crippen molar-refractivity contribution in [1.29, 1.82) is 0 Å². The molecule has 2 aromatic heterocycles. The van der Waals surface area contributed by atoms with Gasteiger partial charge < -0.3 is 25.1 Å². The normalized spacial score (nSPS) is 17.3. The summed E-state index contributed by atoms with van der Waals surface area (Å²) in [5, 5.41) is 16.2. The van der Waals surface area contributed by atoms with E-state index in [9.17, 15) is 18.4 Å². The van der Waals surface area contributed by atoms with Gasteiger partial charge in [0.25, 0.3) is 5.91 Å². The number of halogens is 2. The molecule has 0 unspecified atom stereocenters. The van der Waals surface area contributed by atoms with E-state index >= 15 is 0 Å². The van der Waals surface area contributed by atoms with Gasteiger partial charge in [0, 0.05) is 55.9 Å². The first-order valence-electron chi connectivity index (χ1n) is 13.5. The molecule has 0 aliphatic carbocycles. The van der Waals surface area contributed by atoms with Crippen molar-refractivity contribution in [3.63, 3.8) is 0 Å². The lowest BCUT2D eigenvalue weighted by Crippen LogP contribution is -2.49. The number of benzene rings is 2. The Balaban J connectivity index is 1.17. The Bertz CT molecular complexity index is 1590. The SMILES string of the molecule is O=C(Nc1ccc(N2CCN(C(=O)CO)CC2)cc1)c1cnn2ccc(N3CCC[C@@H]3c3cc(F)ccc3F)nc12. The van der Waals surface area contributed by atoms with Crippen LogP contribution in [0.4, 0.5) is 26.0 Å². The highest BCUT2D eigenvalue weighted by Crippen LogP contribution is 2.37. The van der Waals surface area contributed by atoms with E-state index < -0.39 is 18.2 Å². The Labute approximate surface area is 234 Å². The highest BCUT2D eigenvalue weighted by Gasteiger charge is 2.30. The third-order valence-corrected chi connectivity index (χ3v) is 7.72. The smallest absolute Gasteiger partial charge is 0.261 e. The van der Waals surface area contributed by atoms with E-state index in [-0.39, 0.29) is 23.4 Å². The van der Waals surface area contributed by atoms with Gasteiger partial charge >= 0.3 is 0 Å². The van der Waals surface area contributed by atoms with Gasteiger partial charge in [0.2, 0.25) is 5.91 Å². The molecular weight excluding hydrogens is 532 g/mol. The predicted octanol–water partition coefficient (Wildman–Crippen LogP) is 3.24. The summed E-state index contributed by atoms with van der Waals surface area (Å²) in [5.41, 5.74) is 2.51. The third-order valence-electron chi connectivity index (χ3n) is 7.72. The van der Waals surface area contributed by atoms with E-state index in [0.717, 1.165) is 24.2 Å². The monoisotopic (exact) mass is 561 g/mol. The van der Waals surface area contributed by atoms with Gasteiger partial charge in [0.1, 0.15) is 29.6 Å². The van der Waals surface area contributed by atoms with Crippen LogP contribution in [-0.2, 0) is 4.79 Å². The Morgan fingerprint density at radius 3 is 2.54 bits per heavy atom. The zero-order valence-electron chi connectivity index (χ0n) is 22.2. The second-order valence-corrected chi connectivity index (χ2v) is 10.2. The van der Waals surface area contributed by atoms with Crippen LogP contribution in [0.1, 0.15) is 34.8 Å². The average molecular weight is 562 g/mol. The van der Waals surface area contributed by atoms with E-state index in [1.54, 1.807) is 17.2 Å². The molecule has 2 N–H and O–H groups in total. The van der Waals surface area contributed by atoms with Gasteiger partial charge in [-0.05, 0) is 61.4 Å². The largest absolute Gasteiger partial charge is 0.387 e. The van der Waals surface area contributed by atoms with Crippen LogP contribution in [0, 0.1) is 11.6 Å². The lowest BCUT2D eigenvalue weighted by atomic mass is 10.0. The van der Waals surface area contributed by atoms with Crippen molar-refractivity contribution in [2.75, 3.05) is 54.4 Å². The van der Waals surface area contributed by atoms with Crippen LogP contribution in [0.3, 0.4) is 0 Å². The second kappa shape index (κ2) is 11.1. The maximum absolute atomic E-state index is 14.6. The van der Waals surface area contributed by atoms with Crippen LogP contribution in [0.2, 0.25) is 0 Å². The van der Waals surface area contributed by atoms with Crippen molar-refractivity contribution >= 4 is 34.7 Å². The van der Waals surface area contributed by atoms with Gasteiger partial charge in [-0.25, -0.2) is 18.3 Å². The molecule has 4 aromatic rings. The molecule has 12 heteroatoms. The molecule has 2 aliphatic rings. The molecular formula is C29H29F2N7O3. The Morgan fingerprint density at radius 2 is 1.78 bits per heavy atom. The molecule has 41 heavy (non-hydrogen) atoms. The van der Waals surface area contributed by atoms with Crippen LogP contribution in [-0.4, -0.2) is 75.7 Å². The molecule has 2 fully saturated rings. The number of fused-ring (bicyclic) bond motifs is 1. The molecule has 2 saturated heterocycles. The molecule has 0 bridgehead atoms. The van der Waals surface area contributed by atoms with Crippen molar-refractivity contribution in [3.05, 3.63) is 83.7 Å². The lowest BCUT2D eigenvalue weighted by molar-refractivity contribution is -0.134. The van der Waals surface area contributed by atoms with Gasteiger partial charge in [0.15, 0.2) is 5.65 Å². The second-order valence-electron chi connectivity index (χ2n) is 10.2. The summed E-state index contributed by atoms with van der Waals surface area (Å²) in [6.07, 6.45) is 4.62. The van der Waals surface area contributed by atoms with Crippen molar-refractivity contribution < 1.29 is 23.5 Å². The molecule has 0 spiro atoms. The van der Waals surface area contributed by atoms with Gasteiger partial charge in [-0.2, -0.15) is 5.10 Å². The Hall–Kier alpha value is -4.58. The number of amides is 2. The van der Waals surface area contributed by atoms with E-state index in [4.69, 9.17) is 10.1 Å². The first-order chi connectivity index (χ1) is 19.9. The maximum atomic E-state index is 14.6. The fraction of sp³-hybridized carbons (Fsp3) is 0.310. The molecule has 2 aromatic carbocycles. The number of hydrogen-bond donors (Lipinski definition) is 2. The predicted molar refractivity (Wildman–Crippen MR) is 149 cm³/mol. The minimum Gasteiger partial charge on any atom is -0.387 e. The summed E-state index contributed by atoms with van der Waals surface area (Å²) in [4.78, 5) is 35.4. The Morgan fingerprint density at radius 1 is 1.00 bits per heavy atom. The average Bonchev–Trinajstić information content (AvgIpc) is 3.66. The number of piperazine rings is 1. The number of nitrogens with zero attached hydrogens (tertiary/aromatic N) is 6. The molecule has 0 radical (unpaired) electrons. The number of carbonyl (C=O) groups is 2. The molecule has 1 atom stereocenters. The van der Waals surface area contributed by atoms with Gasteiger partial charge in [0.05, 0.1) is 12.2 Å². The number of aliphatic hydroxyl groups is 1. The van der Waals surface area contributed by atoms with E-state index in [1.807, 2.05) is 29.2 Å². The number of carbonyl (C=O) groups excluding carboxylic acids is 2. The Kier molecular flexibility index (Phi) is 7.23. The fourth-order valence-electron chi connectivity index (χ4n) is 5.58. The van der Waals surface area contributed by atoms with Crippen LogP contribution in [0.5, 0.6) is 0 Å². The van der Waals surface area contributed by atoms with Crippen molar-refractivity contribution in [2.24, 2.45) is 0 Å². The molecule has 2 aliphatic heterocycles. The van der Waals surface area contributed by atoms with Gasteiger partial charge in [-0.15, -0.1) is 0 Å².